The molecule has 0 aliphatic carbocycles. The van der Waals surface area contributed by atoms with Gasteiger partial charge in [0.15, 0.2) is 11.5 Å². The fourth-order valence-electron chi connectivity index (χ4n) is 2.63. The highest BCUT2D eigenvalue weighted by Crippen LogP contribution is 2.34. The van der Waals surface area contributed by atoms with Crippen molar-refractivity contribution >= 4 is 5.78 Å². The Balaban J connectivity index is 1.82. The fraction of sp³-hybridized carbons (Fsp3) is 0.467. The van der Waals surface area contributed by atoms with Crippen molar-refractivity contribution in [2.75, 3.05) is 26.3 Å². The van der Waals surface area contributed by atoms with Gasteiger partial charge in [0.05, 0.1) is 6.07 Å². The van der Waals surface area contributed by atoms with E-state index in [1.165, 1.54) is 0 Å². The van der Waals surface area contributed by atoms with E-state index in [1.54, 1.807) is 0 Å². The second kappa shape index (κ2) is 5.51. The van der Waals surface area contributed by atoms with Gasteiger partial charge < -0.3 is 9.47 Å². The third-order valence-electron chi connectivity index (χ3n) is 3.73. The molecule has 0 amide bonds. The van der Waals surface area contributed by atoms with Gasteiger partial charge >= 0.3 is 0 Å². The molecule has 2 aliphatic rings. The minimum absolute atomic E-state index is 0.278. The maximum atomic E-state index is 11.3. The van der Waals surface area contributed by atoms with Gasteiger partial charge in [0.2, 0.25) is 0 Å². The number of ether oxygens (including phenoxy) is 2. The summed E-state index contributed by atoms with van der Waals surface area (Å²) in [4.78, 5) is 13.3. The van der Waals surface area contributed by atoms with Crippen LogP contribution in [0.2, 0.25) is 0 Å². The molecule has 0 N–H and O–H groups in total. The first-order chi connectivity index (χ1) is 9.78. The van der Waals surface area contributed by atoms with Crippen molar-refractivity contribution in [3.8, 4) is 17.6 Å². The topological polar surface area (TPSA) is 62.6 Å². The third kappa shape index (κ3) is 2.47. The Morgan fingerprint density at radius 1 is 1.15 bits per heavy atom. The Hall–Kier alpha value is -2.06. The van der Waals surface area contributed by atoms with Crippen molar-refractivity contribution in [3.63, 3.8) is 0 Å². The molecule has 104 valence electrons. The first kappa shape index (κ1) is 12.9. The molecule has 5 nitrogen and oxygen atoms in total. The molecule has 2 aliphatic heterocycles. The van der Waals surface area contributed by atoms with Gasteiger partial charge in [-0.2, -0.15) is 5.26 Å². The maximum Gasteiger partial charge on any atom is 0.161 e. The molecular formula is C15H16N2O3. The molecule has 1 saturated heterocycles. The van der Waals surface area contributed by atoms with Crippen LogP contribution in [0.4, 0.5) is 0 Å². The van der Waals surface area contributed by atoms with Crippen molar-refractivity contribution in [3.05, 3.63) is 23.8 Å². The number of carbonyl (C=O) groups excluding carboxylic acids is 1. The van der Waals surface area contributed by atoms with Crippen molar-refractivity contribution in [2.24, 2.45) is 0 Å². The number of nitrogens with zero attached hydrogens (tertiary/aromatic N) is 2. The summed E-state index contributed by atoms with van der Waals surface area (Å²) in [6.07, 6.45) is 1.06. The number of piperidine rings is 1. The number of benzene rings is 1. The molecule has 0 aromatic heterocycles. The molecule has 0 saturated carbocycles. The van der Waals surface area contributed by atoms with Crippen LogP contribution in [-0.2, 0) is 4.79 Å². The maximum absolute atomic E-state index is 11.3. The molecule has 20 heavy (non-hydrogen) atoms. The van der Waals surface area contributed by atoms with Crippen LogP contribution < -0.4 is 9.47 Å². The number of likely N-dealkylation sites (tertiary alicyclic amines) is 1. The molecule has 5 heteroatoms. The number of hydrogen-bond donors (Lipinski definition) is 0. The number of ketones is 1. The summed E-state index contributed by atoms with van der Waals surface area (Å²) in [6, 6.07) is 7.62. The zero-order chi connectivity index (χ0) is 13.9. The molecule has 1 atom stereocenters. The van der Waals surface area contributed by atoms with Gasteiger partial charge in [-0.05, 0) is 17.7 Å². The van der Waals surface area contributed by atoms with Crippen molar-refractivity contribution in [1.29, 1.82) is 5.26 Å². The number of carbonyl (C=O) groups is 1. The van der Waals surface area contributed by atoms with Crippen LogP contribution in [0.3, 0.4) is 0 Å². The summed E-state index contributed by atoms with van der Waals surface area (Å²) >= 11 is 0. The Morgan fingerprint density at radius 3 is 2.55 bits per heavy atom. The summed E-state index contributed by atoms with van der Waals surface area (Å²) in [7, 11) is 0. The lowest BCUT2D eigenvalue weighted by Gasteiger charge is -2.30. The average molecular weight is 272 g/mol. The second-order valence-electron chi connectivity index (χ2n) is 5.01. The van der Waals surface area contributed by atoms with Crippen LogP contribution in [-0.4, -0.2) is 37.0 Å². The van der Waals surface area contributed by atoms with Gasteiger partial charge in [-0.15, -0.1) is 0 Å². The summed E-state index contributed by atoms with van der Waals surface area (Å²) in [5, 5.41) is 9.45. The molecule has 1 aromatic carbocycles. The standard InChI is InChI=1S/C15H16N2O3/c16-10-13(17-5-3-12(18)4-6-17)11-1-2-14-15(9-11)20-8-7-19-14/h1-2,9,13H,3-8H2. The molecule has 1 fully saturated rings. The normalized spacial score (nSPS) is 20.2. The van der Waals surface area contributed by atoms with E-state index in [0.717, 1.165) is 11.3 Å². The SMILES string of the molecule is N#CC(c1ccc2c(c1)OCCO2)N1CCC(=O)CC1. The quantitative estimate of drug-likeness (QED) is 0.819. The molecule has 0 radical (unpaired) electrons. The van der Waals surface area contributed by atoms with Crippen molar-refractivity contribution < 1.29 is 14.3 Å². The predicted octanol–water partition coefficient (Wildman–Crippen LogP) is 1.69. The predicted molar refractivity (Wildman–Crippen MR) is 71.6 cm³/mol. The highest BCUT2D eigenvalue weighted by molar-refractivity contribution is 5.79. The Morgan fingerprint density at radius 2 is 1.85 bits per heavy atom. The lowest BCUT2D eigenvalue weighted by Crippen LogP contribution is -2.36. The second-order valence-corrected chi connectivity index (χ2v) is 5.01. The number of hydrogen-bond acceptors (Lipinski definition) is 5. The first-order valence-electron chi connectivity index (χ1n) is 6.83. The highest BCUT2D eigenvalue weighted by Gasteiger charge is 2.26. The van der Waals surface area contributed by atoms with E-state index in [2.05, 4.69) is 6.07 Å². The summed E-state index contributed by atoms with van der Waals surface area (Å²) in [6.45, 7) is 2.38. The molecule has 0 spiro atoms. The van der Waals surface area contributed by atoms with Gasteiger partial charge in [-0.1, -0.05) is 6.07 Å². The fourth-order valence-corrected chi connectivity index (χ4v) is 2.63. The Labute approximate surface area is 117 Å². The van der Waals surface area contributed by atoms with Crippen molar-refractivity contribution in [1.82, 2.24) is 4.90 Å². The molecule has 1 unspecified atom stereocenters. The lowest BCUT2D eigenvalue weighted by atomic mass is 10.0. The smallest absolute Gasteiger partial charge is 0.161 e. The highest BCUT2D eigenvalue weighted by atomic mass is 16.6. The Kier molecular flexibility index (Phi) is 3.57. The van der Waals surface area contributed by atoms with E-state index < -0.39 is 0 Å². The van der Waals surface area contributed by atoms with Gasteiger partial charge in [0.1, 0.15) is 25.0 Å². The number of nitriles is 1. The monoisotopic (exact) mass is 272 g/mol. The van der Waals surface area contributed by atoms with Gasteiger partial charge in [0.25, 0.3) is 0 Å². The largest absolute Gasteiger partial charge is 0.486 e. The van der Waals surface area contributed by atoms with Gasteiger partial charge in [-0.3, -0.25) is 9.69 Å². The van der Waals surface area contributed by atoms with E-state index in [4.69, 9.17) is 9.47 Å². The Bertz CT molecular complexity index is 555. The molecule has 1 aromatic rings. The summed E-state index contributed by atoms with van der Waals surface area (Å²) in [5.41, 5.74) is 0.895. The number of fused-ring (bicyclic) bond motifs is 1. The minimum atomic E-state index is -0.334. The molecule has 3 rings (SSSR count). The van der Waals surface area contributed by atoms with Gasteiger partial charge in [0, 0.05) is 25.9 Å². The third-order valence-corrected chi connectivity index (χ3v) is 3.73. The summed E-state index contributed by atoms with van der Waals surface area (Å²) < 4.78 is 11.0. The van der Waals surface area contributed by atoms with E-state index in [9.17, 15) is 10.1 Å². The van der Waals surface area contributed by atoms with Crippen LogP contribution in [0, 0.1) is 11.3 Å². The average Bonchev–Trinajstić information content (AvgIpc) is 2.50. The number of rotatable bonds is 2. The van der Waals surface area contributed by atoms with E-state index in [0.29, 0.717) is 44.9 Å². The van der Waals surface area contributed by atoms with Crippen LogP contribution in [0.25, 0.3) is 0 Å². The van der Waals surface area contributed by atoms with Crippen molar-refractivity contribution in [2.45, 2.75) is 18.9 Å². The van der Waals surface area contributed by atoms with E-state index >= 15 is 0 Å². The van der Waals surface area contributed by atoms with Gasteiger partial charge in [-0.25, -0.2) is 0 Å². The molecule has 0 bridgehead atoms. The summed E-state index contributed by atoms with van der Waals surface area (Å²) in [5.74, 6) is 1.70. The van der Waals surface area contributed by atoms with Crippen LogP contribution in [0.15, 0.2) is 18.2 Å². The zero-order valence-electron chi connectivity index (χ0n) is 11.2. The number of Topliss-reactive ketones (excluding diaryl/α,β-unsaturated/α-hetero) is 1. The van der Waals surface area contributed by atoms with Crippen LogP contribution in [0.5, 0.6) is 11.5 Å². The molecular weight excluding hydrogens is 256 g/mol. The van der Waals surface area contributed by atoms with Crippen LogP contribution in [0.1, 0.15) is 24.4 Å². The molecule has 2 heterocycles. The van der Waals surface area contributed by atoms with E-state index in [-0.39, 0.29) is 11.8 Å². The first-order valence-corrected chi connectivity index (χ1v) is 6.83. The minimum Gasteiger partial charge on any atom is -0.486 e. The lowest BCUT2D eigenvalue weighted by molar-refractivity contribution is -0.121. The van der Waals surface area contributed by atoms with Crippen LogP contribution >= 0.6 is 0 Å². The zero-order valence-corrected chi connectivity index (χ0v) is 11.2. The van der Waals surface area contributed by atoms with E-state index in [1.807, 2.05) is 23.1 Å².